The lowest BCUT2D eigenvalue weighted by Crippen LogP contribution is -2.19. The molecule has 0 unspecified atom stereocenters. The van der Waals surface area contributed by atoms with Crippen LogP contribution in [0.1, 0.15) is 31.4 Å². The minimum atomic E-state index is -0.380. The number of rotatable bonds is 4. The Morgan fingerprint density at radius 2 is 1.82 bits per heavy atom. The van der Waals surface area contributed by atoms with Crippen LogP contribution in [-0.2, 0) is 4.79 Å². The van der Waals surface area contributed by atoms with Crippen molar-refractivity contribution in [3.8, 4) is 0 Å². The van der Waals surface area contributed by atoms with E-state index < -0.39 is 0 Å². The summed E-state index contributed by atoms with van der Waals surface area (Å²) in [6.07, 6.45) is 6.09. The molecule has 0 radical (unpaired) electrons. The molecule has 22 heavy (non-hydrogen) atoms. The SMILES string of the molecule is C=C1C=CC(C)=CN1/C(CC(=O)Cl)=C(\C)c1ccc(C)cc1. The summed E-state index contributed by atoms with van der Waals surface area (Å²) in [4.78, 5) is 13.5. The van der Waals surface area contributed by atoms with Crippen molar-refractivity contribution in [2.75, 3.05) is 0 Å². The molecule has 0 aromatic heterocycles. The molecule has 0 atom stereocenters. The van der Waals surface area contributed by atoms with Crippen LogP contribution >= 0.6 is 11.6 Å². The van der Waals surface area contributed by atoms with Gasteiger partial charge in [-0.15, -0.1) is 0 Å². The van der Waals surface area contributed by atoms with Crippen LogP contribution < -0.4 is 0 Å². The molecule has 1 aromatic rings. The fourth-order valence-electron chi connectivity index (χ4n) is 2.39. The van der Waals surface area contributed by atoms with Gasteiger partial charge in [0.05, 0.1) is 6.42 Å². The molecule has 0 fully saturated rings. The van der Waals surface area contributed by atoms with Crippen LogP contribution in [-0.4, -0.2) is 10.1 Å². The van der Waals surface area contributed by atoms with Gasteiger partial charge >= 0.3 is 0 Å². The van der Waals surface area contributed by atoms with E-state index in [4.69, 9.17) is 11.6 Å². The lowest BCUT2D eigenvalue weighted by atomic mass is 10.0. The Hall–Kier alpha value is -2.06. The highest BCUT2D eigenvalue weighted by atomic mass is 35.5. The molecule has 1 aliphatic rings. The zero-order valence-corrected chi connectivity index (χ0v) is 13.9. The third-order valence-corrected chi connectivity index (χ3v) is 3.83. The van der Waals surface area contributed by atoms with Gasteiger partial charge in [0.25, 0.3) is 0 Å². The zero-order chi connectivity index (χ0) is 16.3. The van der Waals surface area contributed by atoms with Gasteiger partial charge in [0.1, 0.15) is 0 Å². The maximum Gasteiger partial charge on any atom is 0.227 e. The van der Waals surface area contributed by atoms with Crippen molar-refractivity contribution in [2.24, 2.45) is 0 Å². The Bertz CT molecular complexity index is 693. The lowest BCUT2D eigenvalue weighted by Gasteiger charge is -2.28. The number of carbonyl (C=O) groups is 1. The van der Waals surface area contributed by atoms with E-state index in [1.165, 1.54) is 5.56 Å². The topological polar surface area (TPSA) is 20.3 Å². The first-order chi connectivity index (χ1) is 10.4. The number of aryl methyl sites for hydroxylation is 1. The maximum absolute atomic E-state index is 11.5. The average Bonchev–Trinajstić information content (AvgIpc) is 2.47. The Morgan fingerprint density at radius 1 is 1.18 bits per heavy atom. The third-order valence-electron chi connectivity index (χ3n) is 3.70. The molecule has 0 bridgehead atoms. The number of hydrogen-bond donors (Lipinski definition) is 0. The van der Waals surface area contributed by atoms with Crippen molar-refractivity contribution in [3.63, 3.8) is 0 Å². The maximum atomic E-state index is 11.5. The first kappa shape index (κ1) is 16.3. The quantitative estimate of drug-likeness (QED) is 0.715. The van der Waals surface area contributed by atoms with Crippen LogP contribution in [0.3, 0.4) is 0 Å². The molecular weight excluding hydrogens is 294 g/mol. The minimum Gasteiger partial charge on any atom is -0.320 e. The van der Waals surface area contributed by atoms with Crippen LogP contribution in [0.15, 0.2) is 66.2 Å². The van der Waals surface area contributed by atoms with Crippen LogP contribution in [0.5, 0.6) is 0 Å². The van der Waals surface area contributed by atoms with E-state index in [0.717, 1.165) is 28.1 Å². The molecule has 0 saturated heterocycles. The summed E-state index contributed by atoms with van der Waals surface area (Å²) >= 11 is 5.66. The summed E-state index contributed by atoms with van der Waals surface area (Å²) in [6, 6.07) is 8.24. The summed E-state index contributed by atoms with van der Waals surface area (Å²) < 4.78 is 0. The summed E-state index contributed by atoms with van der Waals surface area (Å²) in [5.74, 6) is 0. The van der Waals surface area contributed by atoms with E-state index in [-0.39, 0.29) is 11.7 Å². The molecule has 0 amide bonds. The molecule has 0 saturated carbocycles. The highest BCUT2D eigenvalue weighted by Gasteiger charge is 2.18. The molecule has 2 rings (SSSR count). The zero-order valence-electron chi connectivity index (χ0n) is 13.2. The van der Waals surface area contributed by atoms with Gasteiger partial charge in [0, 0.05) is 17.6 Å². The largest absolute Gasteiger partial charge is 0.320 e. The number of allylic oxidation sites excluding steroid dienone is 5. The lowest BCUT2D eigenvalue weighted by molar-refractivity contribution is -0.111. The molecule has 1 heterocycles. The van der Waals surface area contributed by atoms with Crippen LogP contribution in [0, 0.1) is 6.92 Å². The molecular formula is C19H20ClNO. The van der Waals surface area contributed by atoms with Crippen molar-refractivity contribution in [1.82, 2.24) is 4.90 Å². The van der Waals surface area contributed by atoms with Crippen molar-refractivity contribution < 1.29 is 4.79 Å². The summed E-state index contributed by atoms with van der Waals surface area (Å²) in [7, 11) is 0. The molecule has 1 aromatic carbocycles. The molecule has 2 nitrogen and oxygen atoms in total. The average molecular weight is 314 g/mol. The van der Waals surface area contributed by atoms with E-state index in [2.05, 4.69) is 37.8 Å². The number of halogens is 1. The predicted molar refractivity (Wildman–Crippen MR) is 93.1 cm³/mol. The van der Waals surface area contributed by atoms with Gasteiger partial charge < -0.3 is 4.90 Å². The molecule has 0 aliphatic carbocycles. The highest BCUT2D eigenvalue weighted by molar-refractivity contribution is 6.63. The van der Waals surface area contributed by atoms with Gasteiger partial charge in [-0.2, -0.15) is 0 Å². The summed E-state index contributed by atoms with van der Waals surface area (Å²) in [5.41, 5.74) is 6.08. The smallest absolute Gasteiger partial charge is 0.227 e. The van der Waals surface area contributed by atoms with Crippen molar-refractivity contribution in [2.45, 2.75) is 27.2 Å². The molecule has 0 N–H and O–H groups in total. The van der Waals surface area contributed by atoms with Crippen LogP contribution in [0.2, 0.25) is 0 Å². The molecule has 1 aliphatic heterocycles. The van der Waals surface area contributed by atoms with Gasteiger partial charge in [0.2, 0.25) is 5.24 Å². The first-order valence-electron chi connectivity index (χ1n) is 7.18. The van der Waals surface area contributed by atoms with Gasteiger partial charge in [-0.25, -0.2) is 0 Å². The molecule has 0 spiro atoms. The second-order valence-electron chi connectivity index (χ2n) is 5.54. The van der Waals surface area contributed by atoms with Crippen molar-refractivity contribution in [3.05, 3.63) is 77.3 Å². The number of hydrogen-bond acceptors (Lipinski definition) is 2. The number of carbonyl (C=O) groups excluding carboxylic acids is 1. The fourth-order valence-corrected chi connectivity index (χ4v) is 2.52. The molecule has 3 heteroatoms. The first-order valence-corrected chi connectivity index (χ1v) is 7.56. The summed E-state index contributed by atoms with van der Waals surface area (Å²) in [5, 5.41) is -0.380. The standard InChI is InChI=1S/C19H20ClNO/c1-13-6-9-17(10-7-13)16(4)18(11-19(20)22)21-12-14(2)5-8-15(21)3/h5-10,12H,3,11H2,1-2,4H3/b18-16+. The van der Waals surface area contributed by atoms with Gasteiger partial charge in [-0.05, 0) is 55.2 Å². The van der Waals surface area contributed by atoms with E-state index >= 15 is 0 Å². The minimum absolute atomic E-state index is 0.165. The number of nitrogens with zero attached hydrogens (tertiary/aromatic N) is 1. The van der Waals surface area contributed by atoms with Gasteiger partial charge in [-0.1, -0.05) is 42.5 Å². The van der Waals surface area contributed by atoms with E-state index in [1.54, 1.807) is 0 Å². The second-order valence-corrected chi connectivity index (χ2v) is 5.96. The third kappa shape index (κ3) is 3.77. The normalized spacial score (nSPS) is 15.5. The fraction of sp³-hybridized carbons (Fsp3) is 0.211. The van der Waals surface area contributed by atoms with Crippen molar-refractivity contribution >= 4 is 22.4 Å². The Kier molecular flexibility index (Phi) is 5.04. The summed E-state index contributed by atoms with van der Waals surface area (Å²) in [6.45, 7) is 10.1. The monoisotopic (exact) mass is 313 g/mol. The van der Waals surface area contributed by atoms with Crippen LogP contribution in [0.25, 0.3) is 5.57 Å². The molecule has 114 valence electrons. The Labute approximate surface area is 137 Å². The van der Waals surface area contributed by atoms with Crippen molar-refractivity contribution in [1.29, 1.82) is 0 Å². The predicted octanol–water partition coefficient (Wildman–Crippen LogP) is 5.17. The Morgan fingerprint density at radius 3 is 2.41 bits per heavy atom. The second kappa shape index (κ2) is 6.80. The highest BCUT2D eigenvalue weighted by Crippen LogP contribution is 2.30. The van der Waals surface area contributed by atoms with Gasteiger partial charge in [-0.3, -0.25) is 4.79 Å². The van der Waals surface area contributed by atoms with E-state index in [0.29, 0.717) is 0 Å². The van der Waals surface area contributed by atoms with Gasteiger partial charge in [0.15, 0.2) is 0 Å². The van der Waals surface area contributed by atoms with E-state index in [1.807, 2.05) is 37.1 Å². The van der Waals surface area contributed by atoms with Crippen LogP contribution in [0.4, 0.5) is 0 Å². The number of benzene rings is 1. The Balaban J connectivity index is 2.51. The van der Waals surface area contributed by atoms with E-state index in [9.17, 15) is 4.79 Å².